The molecule has 1 aliphatic rings. The van der Waals surface area contributed by atoms with E-state index < -0.39 is 72.6 Å². The third kappa shape index (κ3) is 40.4. The fourth-order valence-corrected chi connectivity index (χ4v) is 2.92. The van der Waals surface area contributed by atoms with Crippen LogP contribution in [-0.2, 0) is 47.9 Å². The first-order chi connectivity index (χ1) is 22.3. The maximum atomic E-state index is 11.2. The van der Waals surface area contributed by atoms with Crippen LogP contribution in [-0.4, -0.2) is 147 Å². The van der Waals surface area contributed by atoms with Crippen LogP contribution in [0.3, 0.4) is 0 Å². The van der Waals surface area contributed by atoms with E-state index in [2.05, 4.69) is 10.6 Å². The average Bonchev–Trinajstić information content (AvgIpc) is 3.07. The van der Waals surface area contributed by atoms with Gasteiger partial charge in [-0.1, -0.05) is 28.2 Å². The van der Waals surface area contributed by atoms with Crippen molar-refractivity contribution in [1.29, 1.82) is 0 Å². The number of ketones is 2. The number of likely N-dealkylation sites (tertiary alicyclic amines) is 1. The minimum Gasteiger partial charge on any atom is -0.870 e. The van der Waals surface area contributed by atoms with Gasteiger partial charge in [0.15, 0.2) is 0 Å². The second-order valence-corrected chi connectivity index (χ2v) is 10.6. The molecule has 5 atom stereocenters. The third-order valence-electron chi connectivity index (χ3n) is 5.75. The summed E-state index contributed by atoms with van der Waals surface area (Å²) in [5.41, 5.74) is 9.67. The molecule has 0 aromatic rings. The van der Waals surface area contributed by atoms with Crippen LogP contribution in [0, 0.1) is 17.8 Å². The molecule has 1 saturated heterocycles. The van der Waals surface area contributed by atoms with Gasteiger partial charge in [-0.25, -0.2) is 0 Å². The summed E-state index contributed by atoms with van der Waals surface area (Å²) < 4.78 is 0. The summed E-state index contributed by atoms with van der Waals surface area (Å²) in [6, 6.07) is -2.58. The van der Waals surface area contributed by atoms with Crippen molar-refractivity contribution in [3.05, 3.63) is 0 Å². The van der Waals surface area contributed by atoms with E-state index in [4.69, 9.17) is 42.1 Å². The van der Waals surface area contributed by atoms with Crippen molar-refractivity contribution >= 4 is 59.2 Å². The molecule has 1 aliphatic heterocycles. The summed E-state index contributed by atoms with van der Waals surface area (Å²) in [7, 11) is 4.77. The molecule has 0 spiro atoms. The summed E-state index contributed by atoms with van der Waals surface area (Å²) in [6.45, 7) is 5.74. The van der Waals surface area contributed by atoms with Crippen LogP contribution in [0.4, 0.5) is 0 Å². The Bertz CT molecular complexity index is 1120. The first-order valence-electron chi connectivity index (χ1n) is 14.3. The molecule has 0 saturated carbocycles. The van der Waals surface area contributed by atoms with Crippen LogP contribution in [0.2, 0.25) is 0 Å². The van der Waals surface area contributed by atoms with Gasteiger partial charge in [-0.15, -0.1) is 0 Å². The summed E-state index contributed by atoms with van der Waals surface area (Å²) in [5, 5.41) is 53.4. The minimum absolute atomic E-state index is 0. The van der Waals surface area contributed by atoms with E-state index in [-0.39, 0.29) is 84.6 Å². The third-order valence-corrected chi connectivity index (χ3v) is 5.75. The molecule has 0 radical (unpaired) electrons. The molecule has 52 heavy (non-hydrogen) atoms. The van der Waals surface area contributed by atoms with Gasteiger partial charge in [0.1, 0.15) is 23.7 Å². The van der Waals surface area contributed by atoms with Crippen molar-refractivity contribution in [1.82, 2.24) is 15.5 Å². The van der Waals surface area contributed by atoms with Crippen molar-refractivity contribution in [2.24, 2.45) is 29.2 Å². The van der Waals surface area contributed by atoms with Gasteiger partial charge >= 0.3 is 65.4 Å². The van der Waals surface area contributed by atoms with E-state index in [0.29, 0.717) is 19.5 Å². The van der Waals surface area contributed by atoms with Crippen molar-refractivity contribution in [3.8, 4) is 0 Å². The maximum Gasteiger partial charge on any atom is 1.00 e. The normalized spacial score (nSPS) is 15.1. The largest absolute Gasteiger partial charge is 1.00 e. The van der Waals surface area contributed by atoms with Crippen LogP contribution in [0.5, 0.6) is 0 Å². The second kappa shape index (κ2) is 35.3. The zero-order chi connectivity index (χ0) is 39.6. The zero-order valence-electron chi connectivity index (χ0n) is 29.7. The Balaban J connectivity index is -0.0000000962. The Morgan fingerprint density at radius 3 is 1.37 bits per heavy atom. The number of carboxylic acid groups (broad SMARTS) is 6. The number of nitrogens with two attached hydrogens (primary N) is 2. The molecular weight excluding hydrogens is 713 g/mol. The quantitative estimate of drug-likeness (QED) is 0.0831. The fraction of sp³-hybridized carbons (Fsp3) is 0.655. The minimum atomic E-state index is -1.29. The summed E-state index contributed by atoms with van der Waals surface area (Å²) in [5.74, 6) is -8.12. The van der Waals surface area contributed by atoms with Gasteiger partial charge in [0.05, 0.1) is 38.3 Å². The van der Waals surface area contributed by atoms with E-state index in [1.807, 2.05) is 6.92 Å². The molecule has 0 bridgehead atoms. The van der Waals surface area contributed by atoms with Gasteiger partial charge in [-0.2, -0.15) is 0 Å². The summed E-state index contributed by atoms with van der Waals surface area (Å²) >= 11 is 0. The number of nitrogens with one attached hydrogen (secondary N) is 2. The molecule has 0 aromatic heterocycles. The van der Waals surface area contributed by atoms with E-state index in [0.717, 1.165) is 0 Å². The number of hydrogen-bond acceptors (Lipinski definition) is 14. The number of likely N-dealkylation sites (N-methyl/N-ethyl adjacent to an activating group) is 1. The van der Waals surface area contributed by atoms with Crippen LogP contribution in [0.25, 0.3) is 0 Å². The molecule has 0 aliphatic carbocycles. The van der Waals surface area contributed by atoms with E-state index >= 15 is 0 Å². The maximum absolute atomic E-state index is 11.2. The number of Topliss-reactive ketones (excluding diaryl/α,β-unsaturated/α-hetero) is 2. The summed E-state index contributed by atoms with van der Waals surface area (Å²) in [4.78, 5) is 105. The van der Waals surface area contributed by atoms with Crippen molar-refractivity contribution in [2.45, 2.75) is 72.4 Å². The van der Waals surface area contributed by atoms with E-state index in [1.54, 1.807) is 18.9 Å². The number of carboxylic acids is 6. The Morgan fingerprint density at radius 1 is 0.712 bits per heavy atom. The Morgan fingerprint density at radius 2 is 1.10 bits per heavy atom. The van der Waals surface area contributed by atoms with Crippen LogP contribution in [0.1, 0.15) is 60.3 Å². The Hall–Kier alpha value is -4.06. The van der Waals surface area contributed by atoms with Gasteiger partial charge in [-0.05, 0) is 7.05 Å². The molecule has 5 unspecified atom stereocenters. The van der Waals surface area contributed by atoms with Gasteiger partial charge in [0.25, 0.3) is 0 Å². The molecule has 298 valence electrons. The van der Waals surface area contributed by atoms with Crippen LogP contribution < -0.4 is 51.7 Å². The molecule has 1 fully saturated rings. The van der Waals surface area contributed by atoms with Crippen LogP contribution >= 0.6 is 0 Å². The predicted molar refractivity (Wildman–Crippen MR) is 177 cm³/mol. The summed E-state index contributed by atoms with van der Waals surface area (Å²) in [6.07, 6.45) is -0.709. The van der Waals surface area contributed by atoms with Gasteiger partial charge in [0, 0.05) is 38.8 Å². The second-order valence-electron chi connectivity index (χ2n) is 10.6. The number of rotatable bonds is 12. The van der Waals surface area contributed by atoms with Gasteiger partial charge in [0.2, 0.25) is 11.8 Å². The topological polar surface area (TPSA) is 401 Å². The molecular formula is C29H54N5NaO17. The Kier molecular flexibility index (Phi) is 42.8. The number of amides is 2. The number of carbonyl (C=O) groups is 10. The van der Waals surface area contributed by atoms with E-state index in [9.17, 15) is 47.9 Å². The molecule has 23 heteroatoms. The monoisotopic (exact) mass is 767 g/mol. The molecule has 22 nitrogen and oxygen atoms in total. The molecule has 1 heterocycles. The van der Waals surface area contributed by atoms with Gasteiger partial charge in [-0.3, -0.25) is 52.8 Å². The first-order valence-corrected chi connectivity index (χ1v) is 14.3. The predicted octanol–water partition coefficient (Wildman–Crippen LogP) is -5.01. The van der Waals surface area contributed by atoms with E-state index in [1.165, 1.54) is 21.0 Å². The molecule has 13 N–H and O–H groups in total. The first kappa shape index (κ1) is 63.0. The van der Waals surface area contributed by atoms with Crippen molar-refractivity contribution in [3.63, 3.8) is 0 Å². The van der Waals surface area contributed by atoms with Crippen molar-refractivity contribution < 1.29 is 114 Å². The number of aliphatic carboxylic acids is 6. The molecule has 2 amide bonds. The average molecular weight is 768 g/mol. The molecule has 1 rings (SSSR count). The number of hydrogen-bond donors (Lipinski definition) is 10. The van der Waals surface area contributed by atoms with Gasteiger partial charge < -0.3 is 58.2 Å². The fourth-order valence-electron chi connectivity index (χ4n) is 2.92. The SMILES string of the molecule is C.CC1CC(=O)CN(C)CC1=O.CNC(=O)C(C)CC(=O)O.CNC(=O)CC(C)C(=O)O.NC(CC(=O)O)C(=O)O.NC(CC(=O)O)C(=O)O.[Na+].[OH-]. The smallest absolute Gasteiger partial charge is 0.870 e. The molecule has 0 aromatic carbocycles. The zero-order valence-corrected chi connectivity index (χ0v) is 31.7. The van der Waals surface area contributed by atoms with Crippen molar-refractivity contribution in [2.75, 3.05) is 34.2 Å². The number of nitrogens with zero attached hydrogens (tertiary/aromatic N) is 1. The van der Waals surface area contributed by atoms with Crippen LogP contribution in [0.15, 0.2) is 0 Å². The Labute approximate surface area is 323 Å². The standard InChI is InChI=1S/C8H13NO2.2C6H11NO3.2C4H7NO4.CH4.Na.H2O/c1-6-3-7(10)4-9(2)5-8(6)11;1-4(3-5(8)9)6(10)7-2;1-4(6(9)10)3-5(8)7-2;2*5-2(4(8)9)1-3(6)7;;;/h6H,3-5H2,1-2H3;4H,3H2,1-2H3,(H,7,10)(H,8,9);4H,3H2,1-2H3,(H,7,8)(H,9,10);2*2H,1,5H2,(H,6,7)(H,8,9);1H4;;1H2/q;;;;;;+1;/p-1. The number of carbonyl (C=O) groups excluding carboxylic acids is 4.